The first-order valence-corrected chi connectivity index (χ1v) is 9.11. The molecule has 0 unspecified atom stereocenters. The first-order valence-electron chi connectivity index (χ1n) is 8.73. The van der Waals surface area contributed by atoms with Gasteiger partial charge in [-0.05, 0) is 37.4 Å². The van der Waals surface area contributed by atoms with Gasteiger partial charge in [0.2, 0.25) is 12.3 Å². The van der Waals surface area contributed by atoms with E-state index in [1.165, 1.54) is 0 Å². The highest BCUT2D eigenvalue weighted by molar-refractivity contribution is 6.30. The number of ketones is 2. The maximum absolute atomic E-state index is 12.6. The molecule has 144 valence electrons. The average molecular weight is 453 g/mol. The van der Waals surface area contributed by atoms with Crippen molar-refractivity contribution in [1.29, 1.82) is 0 Å². The molecule has 1 aliphatic heterocycles. The van der Waals surface area contributed by atoms with Gasteiger partial charge in [-0.2, -0.15) is 4.57 Å². The lowest BCUT2D eigenvalue weighted by Gasteiger charge is -2.31. The van der Waals surface area contributed by atoms with E-state index in [2.05, 4.69) is 16.8 Å². The van der Waals surface area contributed by atoms with Crippen LogP contribution >= 0.6 is 11.6 Å². The molecule has 7 heteroatoms. The van der Waals surface area contributed by atoms with Gasteiger partial charge in [0.15, 0.2) is 18.2 Å². The Kier molecular flexibility index (Phi) is 8.10. The number of carbonyl (C=O) groups is 2. The van der Waals surface area contributed by atoms with E-state index in [0.717, 1.165) is 26.2 Å². The zero-order valence-electron chi connectivity index (χ0n) is 15.3. The van der Waals surface area contributed by atoms with E-state index in [4.69, 9.17) is 11.6 Å². The van der Waals surface area contributed by atoms with Crippen LogP contribution in [0.3, 0.4) is 0 Å². The van der Waals surface area contributed by atoms with Gasteiger partial charge in [0.1, 0.15) is 0 Å². The molecule has 0 aliphatic carbocycles. The second-order valence-corrected chi connectivity index (χ2v) is 7.13. The fourth-order valence-electron chi connectivity index (χ4n) is 2.98. The molecule has 0 amide bonds. The smallest absolute Gasteiger partial charge is 0.227 e. The lowest BCUT2D eigenvalue weighted by Crippen LogP contribution is -3.00. The average Bonchev–Trinajstić information content (AvgIpc) is 2.64. The molecule has 0 radical (unpaired) electrons. The van der Waals surface area contributed by atoms with Gasteiger partial charge in [-0.1, -0.05) is 11.6 Å². The Bertz CT molecular complexity index is 790. The Morgan fingerprint density at radius 3 is 2.33 bits per heavy atom. The van der Waals surface area contributed by atoms with Crippen molar-refractivity contribution in [3.8, 4) is 0 Å². The summed E-state index contributed by atoms with van der Waals surface area (Å²) in [6.45, 7) is 4.39. The summed E-state index contributed by atoms with van der Waals surface area (Å²) < 4.78 is 1.76. The van der Waals surface area contributed by atoms with Crippen molar-refractivity contribution in [3.63, 3.8) is 0 Å². The summed E-state index contributed by atoms with van der Waals surface area (Å²) in [6, 6.07) is 10.5. The number of carbonyl (C=O) groups excluding carboxylic acids is 2. The van der Waals surface area contributed by atoms with Gasteiger partial charge in [-0.15, -0.1) is 0 Å². The molecule has 2 aromatic rings. The standard InChI is InChI=1S/C20H23ClN3O2.BrH/c1-22-9-11-23(12-10-22)14-20(26)17-3-2-8-24(13-17)15-19(25)16-4-6-18(21)7-5-16;/h2-8,13H,9-12,14-15H2,1H3;1H/q+1;/p-1. The summed E-state index contributed by atoms with van der Waals surface area (Å²) in [5.41, 5.74) is 1.24. The molecular formula is C20H23BrClN3O2. The SMILES string of the molecule is CN1CCN(CC(=O)c2ccc[n+](CC(=O)c3ccc(Cl)cc3)c2)CC1.[Br-]. The van der Waals surface area contributed by atoms with Crippen molar-refractivity contribution in [3.05, 3.63) is 64.9 Å². The minimum atomic E-state index is -0.0182. The van der Waals surface area contributed by atoms with Crippen molar-refractivity contribution in [2.45, 2.75) is 6.54 Å². The summed E-state index contributed by atoms with van der Waals surface area (Å²) in [5, 5.41) is 0.603. The van der Waals surface area contributed by atoms with Crippen LogP contribution in [0.25, 0.3) is 0 Å². The minimum Gasteiger partial charge on any atom is -1.00 e. The van der Waals surface area contributed by atoms with Crippen LogP contribution in [0.15, 0.2) is 48.8 Å². The number of likely N-dealkylation sites (N-methyl/N-ethyl adjacent to an activating group) is 1. The van der Waals surface area contributed by atoms with Crippen LogP contribution in [0.5, 0.6) is 0 Å². The third-order valence-electron chi connectivity index (χ3n) is 4.64. The summed E-state index contributed by atoms with van der Waals surface area (Å²) in [6.07, 6.45) is 3.56. The molecule has 0 spiro atoms. The van der Waals surface area contributed by atoms with Crippen molar-refractivity contribution in [2.75, 3.05) is 39.8 Å². The molecule has 0 bridgehead atoms. The molecule has 0 N–H and O–H groups in total. The van der Waals surface area contributed by atoms with Crippen LogP contribution in [-0.2, 0) is 6.54 Å². The van der Waals surface area contributed by atoms with E-state index < -0.39 is 0 Å². The first-order chi connectivity index (χ1) is 12.5. The first kappa shape index (κ1) is 21.7. The maximum atomic E-state index is 12.6. The second kappa shape index (κ2) is 10.1. The molecule has 27 heavy (non-hydrogen) atoms. The molecule has 0 saturated carbocycles. The molecule has 1 fully saturated rings. The van der Waals surface area contributed by atoms with E-state index in [1.807, 2.05) is 12.1 Å². The largest absolute Gasteiger partial charge is 1.00 e. The quantitative estimate of drug-likeness (QED) is 0.414. The van der Waals surface area contributed by atoms with Crippen LogP contribution in [-0.4, -0.2) is 61.1 Å². The zero-order chi connectivity index (χ0) is 18.5. The third kappa shape index (κ3) is 6.21. The molecule has 2 heterocycles. The number of Topliss-reactive ketones (excluding diaryl/α,β-unsaturated/α-hetero) is 2. The van der Waals surface area contributed by atoms with E-state index in [9.17, 15) is 9.59 Å². The van der Waals surface area contributed by atoms with Crippen LogP contribution in [0, 0.1) is 0 Å². The fraction of sp³-hybridized carbons (Fsp3) is 0.350. The van der Waals surface area contributed by atoms with Crippen molar-refractivity contribution >= 4 is 23.2 Å². The van der Waals surface area contributed by atoms with Gasteiger partial charge in [-0.25, -0.2) is 0 Å². The molecule has 0 atom stereocenters. The van der Waals surface area contributed by atoms with E-state index >= 15 is 0 Å². The number of aromatic nitrogens is 1. The number of halogens is 2. The normalized spacial score (nSPS) is 15.2. The highest BCUT2D eigenvalue weighted by atomic mass is 79.9. The number of nitrogens with zero attached hydrogens (tertiary/aromatic N) is 3. The monoisotopic (exact) mass is 451 g/mol. The van der Waals surface area contributed by atoms with Crippen LogP contribution in [0.2, 0.25) is 5.02 Å². The molecule has 3 rings (SSSR count). The van der Waals surface area contributed by atoms with E-state index in [-0.39, 0.29) is 35.1 Å². The highest BCUT2D eigenvalue weighted by Gasteiger charge is 2.20. The number of rotatable bonds is 6. The predicted molar refractivity (Wildman–Crippen MR) is 101 cm³/mol. The predicted octanol–water partition coefficient (Wildman–Crippen LogP) is -1.06. The zero-order valence-corrected chi connectivity index (χ0v) is 17.6. The Labute approximate surface area is 175 Å². The Hall–Kier alpha value is -1.60. The second-order valence-electron chi connectivity index (χ2n) is 6.70. The lowest BCUT2D eigenvalue weighted by molar-refractivity contribution is -0.683. The van der Waals surface area contributed by atoms with Gasteiger partial charge in [0.05, 0.1) is 12.1 Å². The van der Waals surface area contributed by atoms with E-state index in [0.29, 0.717) is 22.7 Å². The molecule has 1 aromatic carbocycles. The summed E-state index contributed by atoms with van der Waals surface area (Å²) >= 11 is 5.86. The topological polar surface area (TPSA) is 44.5 Å². The molecule has 1 saturated heterocycles. The van der Waals surface area contributed by atoms with Gasteiger partial charge < -0.3 is 21.9 Å². The van der Waals surface area contributed by atoms with Crippen molar-refractivity contribution in [2.24, 2.45) is 0 Å². The molecular weight excluding hydrogens is 430 g/mol. The fourth-order valence-corrected chi connectivity index (χ4v) is 3.10. The van der Waals surface area contributed by atoms with Crippen LogP contribution in [0.1, 0.15) is 20.7 Å². The Balaban J connectivity index is 0.00000261. The van der Waals surface area contributed by atoms with Crippen molar-refractivity contribution < 1.29 is 31.1 Å². The van der Waals surface area contributed by atoms with E-state index in [1.54, 1.807) is 41.2 Å². The van der Waals surface area contributed by atoms with Crippen LogP contribution < -0.4 is 21.5 Å². The number of hydrogen-bond donors (Lipinski definition) is 0. The summed E-state index contributed by atoms with van der Waals surface area (Å²) in [4.78, 5) is 29.4. The number of piperazine rings is 1. The Morgan fingerprint density at radius 1 is 1.00 bits per heavy atom. The van der Waals surface area contributed by atoms with Crippen molar-refractivity contribution in [1.82, 2.24) is 9.80 Å². The molecule has 1 aliphatic rings. The summed E-state index contributed by atoms with van der Waals surface area (Å²) in [7, 11) is 2.09. The van der Waals surface area contributed by atoms with Gasteiger partial charge in [-0.3, -0.25) is 14.5 Å². The molecule has 5 nitrogen and oxygen atoms in total. The highest BCUT2D eigenvalue weighted by Crippen LogP contribution is 2.10. The van der Waals surface area contributed by atoms with Gasteiger partial charge >= 0.3 is 0 Å². The third-order valence-corrected chi connectivity index (χ3v) is 4.89. The van der Waals surface area contributed by atoms with Gasteiger partial charge in [0, 0.05) is 42.8 Å². The summed E-state index contributed by atoms with van der Waals surface area (Å²) in [5.74, 6) is 0.0678. The molecule has 1 aromatic heterocycles. The lowest BCUT2D eigenvalue weighted by atomic mass is 10.1. The Morgan fingerprint density at radius 2 is 1.67 bits per heavy atom. The maximum Gasteiger partial charge on any atom is 0.227 e. The number of pyridine rings is 1. The van der Waals surface area contributed by atoms with Gasteiger partial charge in [0.25, 0.3) is 0 Å². The number of hydrogen-bond acceptors (Lipinski definition) is 4. The number of benzene rings is 1. The van der Waals surface area contributed by atoms with Crippen LogP contribution in [0.4, 0.5) is 0 Å². The minimum absolute atomic E-state index is 0.